The van der Waals surface area contributed by atoms with Gasteiger partial charge >= 0.3 is 0 Å². The van der Waals surface area contributed by atoms with Crippen LogP contribution in [0.25, 0.3) is 0 Å². The lowest BCUT2D eigenvalue weighted by Gasteiger charge is -2.18. The lowest BCUT2D eigenvalue weighted by atomic mass is 10.1. The van der Waals surface area contributed by atoms with Gasteiger partial charge in [-0.3, -0.25) is 4.79 Å². The largest absolute Gasteiger partial charge is 0.385 e. The van der Waals surface area contributed by atoms with Crippen LogP contribution in [0.2, 0.25) is 0 Å². The van der Waals surface area contributed by atoms with Crippen molar-refractivity contribution >= 4 is 11.6 Å². The molecule has 3 nitrogen and oxygen atoms in total. The lowest BCUT2D eigenvalue weighted by molar-refractivity contribution is 0.0792. The number of rotatable bonds is 7. The molecule has 0 heterocycles. The third kappa shape index (κ3) is 4.58. The van der Waals surface area contributed by atoms with Crippen molar-refractivity contribution in [3.05, 3.63) is 29.3 Å². The molecule has 0 aliphatic rings. The summed E-state index contributed by atoms with van der Waals surface area (Å²) in [6.07, 6.45) is 3.43. The van der Waals surface area contributed by atoms with E-state index in [4.69, 9.17) is 0 Å². The maximum absolute atomic E-state index is 12.3. The van der Waals surface area contributed by atoms with Crippen molar-refractivity contribution in [2.45, 2.75) is 40.0 Å². The first-order chi connectivity index (χ1) is 9.10. The number of carbonyl (C=O) groups excluding carboxylic acids is 1. The molecule has 106 valence electrons. The van der Waals surface area contributed by atoms with Crippen LogP contribution >= 0.6 is 0 Å². The van der Waals surface area contributed by atoms with E-state index < -0.39 is 0 Å². The third-order valence-corrected chi connectivity index (χ3v) is 3.28. The van der Waals surface area contributed by atoms with E-state index in [-0.39, 0.29) is 5.91 Å². The summed E-state index contributed by atoms with van der Waals surface area (Å²) in [5.41, 5.74) is 2.91. The molecule has 1 aromatic rings. The van der Waals surface area contributed by atoms with Crippen LogP contribution < -0.4 is 5.32 Å². The Morgan fingerprint density at radius 3 is 2.58 bits per heavy atom. The summed E-state index contributed by atoms with van der Waals surface area (Å²) >= 11 is 0. The van der Waals surface area contributed by atoms with Gasteiger partial charge in [0.25, 0.3) is 5.91 Å². The number of amides is 1. The van der Waals surface area contributed by atoms with Gasteiger partial charge in [-0.1, -0.05) is 19.8 Å². The van der Waals surface area contributed by atoms with Crippen molar-refractivity contribution in [1.29, 1.82) is 0 Å². The quantitative estimate of drug-likeness (QED) is 0.760. The molecule has 1 rings (SSSR count). The fourth-order valence-electron chi connectivity index (χ4n) is 2.12. The second-order valence-electron chi connectivity index (χ2n) is 4.99. The van der Waals surface area contributed by atoms with Crippen molar-refractivity contribution in [1.82, 2.24) is 4.90 Å². The Morgan fingerprint density at radius 1 is 1.26 bits per heavy atom. The highest BCUT2D eigenvalue weighted by molar-refractivity contribution is 5.95. The molecule has 0 unspecified atom stereocenters. The molecular weight excluding hydrogens is 236 g/mol. The van der Waals surface area contributed by atoms with Gasteiger partial charge in [0.1, 0.15) is 0 Å². The Labute approximate surface area is 117 Å². The first kappa shape index (κ1) is 15.5. The van der Waals surface area contributed by atoms with Crippen LogP contribution in [0.5, 0.6) is 0 Å². The normalized spacial score (nSPS) is 10.3. The van der Waals surface area contributed by atoms with Crippen LogP contribution in [-0.2, 0) is 0 Å². The van der Waals surface area contributed by atoms with E-state index >= 15 is 0 Å². The topological polar surface area (TPSA) is 32.3 Å². The molecule has 0 bridgehead atoms. The number of benzene rings is 1. The number of hydrogen-bond acceptors (Lipinski definition) is 2. The third-order valence-electron chi connectivity index (χ3n) is 3.28. The molecule has 0 saturated heterocycles. The van der Waals surface area contributed by atoms with E-state index in [1.807, 2.05) is 37.1 Å². The molecule has 1 N–H and O–H groups in total. The smallest absolute Gasteiger partial charge is 0.253 e. The molecule has 1 aromatic carbocycles. The number of aryl methyl sites for hydroxylation is 1. The molecule has 0 aromatic heterocycles. The number of nitrogens with zero attached hydrogens (tertiary/aromatic N) is 1. The minimum atomic E-state index is 0.122. The standard InChI is InChI=1S/C16H26N2O/c1-5-7-8-11-18(4)16(19)15-10-9-14(17-6-2)12-13(15)3/h9-10,12,17H,5-8,11H2,1-4H3. The predicted molar refractivity (Wildman–Crippen MR) is 81.8 cm³/mol. The fraction of sp³-hybridized carbons (Fsp3) is 0.562. The summed E-state index contributed by atoms with van der Waals surface area (Å²) in [6, 6.07) is 5.94. The molecule has 0 saturated carbocycles. The van der Waals surface area contributed by atoms with Gasteiger partial charge < -0.3 is 10.2 Å². The molecule has 0 aliphatic heterocycles. The van der Waals surface area contributed by atoms with Crippen LogP contribution in [0.3, 0.4) is 0 Å². The molecule has 0 fully saturated rings. The zero-order valence-electron chi connectivity index (χ0n) is 12.6. The first-order valence-corrected chi connectivity index (χ1v) is 7.20. The van der Waals surface area contributed by atoms with Crippen molar-refractivity contribution in [2.24, 2.45) is 0 Å². The van der Waals surface area contributed by atoms with Crippen molar-refractivity contribution in [3.63, 3.8) is 0 Å². The number of unbranched alkanes of at least 4 members (excludes halogenated alkanes) is 2. The minimum absolute atomic E-state index is 0.122. The van der Waals surface area contributed by atoms with Gasteiger partial charge in [0, 0.05) is 31.4 Å². The van der Waals surface area contributed by atoms with Gasteiger partial charge in [-0.15, -0.1) is 0 Å². The zero-order valence-corrected chi connectivity index (χ0v) is 12.6. The molecule has 1 amide bonds. The minimum Gasteiger partial charge on any atom is -0.385 e. The van der Waals surface area contributed by atoms with Crippen LogP contribution in [-0.4, -0.2) is 30.9 Å². The van der Waals surface area contributed by atoms with Gasteiger partial charge in [0.2, 0.25) is 0 Å². The Bertz CT molecular complexity index is 415. The predicted octanol–water partition coefficient (Wildman–Crippen LogP) is 3.69. The maximum atomic E-state index is 12.3. The van der Waals surface area contributed by atoms with E-state index in [0.717, 1.165) is 36.3 Å². The molecule has 19 heavy (non-hydrogen) atoms. The number of anilines is 1. The van der Waals surface area contributed by atoms with Crippen LogP contribution in [0.4, 0.5) is 5.69 Å². The van der Waals surface area contributed by atoms with E-state index in [2.05, 4.69) is 19.2 Å². The Hall–Kier alpha value is -1.51. The summed E-state index contributed by atoms with van der Waals surface area (Å²) in [5.74, 6) is 0.122. The molecule has 0 radical (unpaired) electrons. The van der Waals surface area contributed by atoms with Gasteiger partial charge in [0.15, 0.2) is 0 Å². The van der Waals surface area contributed by atoms with E-state index in [1.165, 1.54) is 12.8 Å². The maximum Gasteiger partial charge on any atom is 0.253 e. The first-order valence-electron chi connectivity index (χ1n) is 7.20. The number of carbonyl (C=O) groups is 1. The summed E-state index contributed by atoms with van der Waals surface area (Å²) in [5, 5.41) is 3.26. The van der Waals surface area contributed by atoms with Crippen LogP contribution in [0.15, 0.2) is 18.2 Å². The molecule has 0 atom stereocenters. The highest BCUT2D eigenvalue weighted by atomic mass is 16.2. The van der Waals surface area contributed by atoms with Gasteiger partial charge in [-0.05, 0) is 44.0 Å². The summed E-state index contributed by atoms with van der Waals surface area (Å²) in [4.78, 5) is 14.2. The van der Waals surface area contributed by atoms with Crippen LogP contribution in [0.1, 0.15) is 49.0 Å². The van der Waals surface area contributed by atoms with Gasteiger partial charge in [-0.25, -0.2) is 0 Å². The molecule has 3 heteroatoms. The van der Waals surface area contributed by atoms with E-state index in [1.54, 1.807) is 0 Å². The fourth-order valence-corrected chi connectivity index (χ4v) is 2.12. The summed E-state index contributed by atoms with van der Waals surface area (Å²) in [6.45, 7) is 7.96. The van der Waals surface area contributed by atoms with Gasteiger partial charge in [0.05, 0.1) is 0 Å². The second-order valence-corrected chi connectivity index (χ2v) is 4.99. The average molecular weight is 262 g/mol. The summed E-state index contributed by atoms with van der Waals surface area (Å²) < 4.78 is 0. The Kier molecular flexibility index (Phi) is 6.40. The number of nitrogens with one attached hydrogen (secondary N) is 1. The molecule has 0 spiro atoms. The lowest BCUT2D eigenvalue weighted by Crippen LogP contribution is -2.28. The summed E-state index contributed by atoms with van der Waals surface area (Å²) in [7, 11) is 1.88. The zero-order chi connectivity index (χ0) is 14.3. The van der Waals surface area contributed by atoms with Crippen molar-refractivity contribution in [3.8, 4) is 0 Å². The SMILES string of the molecule is CCCCCN(C)C(=O)c1ccc(NCC)cc1C. The highest BCUT2D eigenvalue weighted by Crippen LogP contribution is 2.16. The van der Waals surface area contributed by atoms with Gasteiger partial charge in [-0.2, -0.15) is 0 Å². The monoisotopic (exact) mass is 262 g/mol. The average Bonchev–Trinajstić information content (AvgIpc) is 2.39. The Morgan fingerprint density at radius 2 is 2.00 bits per heavy atom. The van der Waals surface area contributed by atoms with Crippen molar-refractivity contribution in [2.75, 3.05) is 25.5 Å². The highest BCUT2D eigenvalue weighted by Gasteiger charge is 2.13. The second kappa shape index (κ2) is 7.82. The molecule has 0 aliphatic carbocycles. The molecular formula is C16H26N2O. The van der Waals surface area contributed by atoms with E-state index in [9.17, 15) is 4.79 Å². The number of hydrogen-bond donors (Lipinski definition) is 1. The van der Waals surface area contributed by atoms with Crippen LogP contribution in [0, 0.1) is 6.92 Å². The Balaban J connectivity index is 2.70. The van der Waals surface area contributed by atoms with Crippen molar-refractivity contribution < 1.29 is 4.79 Å². The van der Waals surface area contributed by atoms with E-state index in [0.29, 0.717) is 0 Å².